The molecule has 1 fully saturated rings. The molecule has 0 radical (unpaired) electrons. The number of carbonyl (C=O) groups excluding carboxylic acids is 2. The number of fused-ring (bicyclic) bond motifs is 1. The molecule has 1 heterocycles. The summed E-state index contributed by atoms with van der Waals surface area (Å²) in [7, 11) is 0. The van der Waals surface area contributed by atoms with Gasteiger partial charge in [-0.15, -0.1) is 11.3 Å². The van der Waals surface area contributed by atoms with Gasteiger partial charge in [0, 0.05) is 28.3 Å². The molecule has 1 saturated carbocycles. The van der Waals surface area contributed by atoms with Gasteiger partial charge in [-0.25, -0.2) is 4.79 Å². The molecule has 0 saturated heterocycles. The maximum Gasteiger partial charge on any atom is 0.348 e. The quantitative estimate of drug-likeness (QED) is 0.474. The van der Waals surface area contributed by atoms with Crippen molar-refractivity contribution >= 4 is 39.0 Å². The molecule has 0 unspecified atom stereocenters. The third-order valence-corrected chi connectivity index (χ3v) is 6.40. The topological polar surface area (TPSA) is 98.5 Å². The lowest BCUT2D eigenvalue weighted by atomic mass is 9.78. The Bertz CT molecular complexity index is 878. The molecule has 0 bridgehead atoms. The molecular formula is C19H22N2O5S. The maximum absolute atomic E-state index is 12.2. The number of nitrogens with zero attached hydrogens (tertiary/aromatic N) is 1. The molecule has 1 aromatic carbocycles. The Morgan fingerprint density at radius 1 is 1.30 bits per heavy atom. The van der Waals surface area contributed by atoms with Crippen molar-refractivity contribution in [2.24, 2.45) is 11.8 Å². The van der Waals surface area contributed by atoms with Crippen LogP contribution in [0.5, 0.6) is 0 Å². The van der Waals surface area contributed by atoms with Crippen LogP contribution in [-0.4, -0.2) is 29.4 Å². The van der Waals surface area contributed by atoms with Gasteiger partial charge < -0.3 is 10.1 Å². The van der Waals surface area contributed by atoms with Gasteiger partial charge in [-0.1, -0.05) is 26.7 Å². The molecule has 144 valence electrons. The highest BCUT2D eigenvalue weighted by atomic mass is 32.1. The summed E-state index contributed by atoms with van der Waals surface area (Å²) in [6.45, 7) is 4.00. The van der Waals surface area contributed by atoms with Gasteiger partial charge >= 0.3 is 5.97 Å². The molecule has 0 aliphatic heterocycles. The summed E-state index contributed by atoms with van der Waals surface area (Å²) in [6.07, 6.45) is 3.21. The first kappa shape index (κ1) is 19.3. The highest BCUT2D eigenvalue weighted by Crippen LogP contribution is 2.30. The predicted molar refractivity (Wildman–Crippen MR) is 103 cm³/mol. The van der Waals surface area contributed by atoms with Gasteiger partial charge in [0.05, 0.1) is 4.92 Å². The first-order chi connectivity index (χ1) is 12.8. The lowest BCUT2D eigenvalue weighted by Gasteiger charge is -2.34. The second kappa shape index (κ2) is 8.04. The van der Waals surface area contributed by atoms with Gasteiger partial charge in [-0.3, -0.25) is 14.9 Å². The molecule has 7 nitrogen and oxygen atoms in total. The number of nitro benzene ring substituents is 1. The van der Waals surface area contributed by atoms with E-state index in [0.29, 0.717) is 22.1 Å². The summed E-state index contributed by atoms with van der Waals surface area (Å²) >= 11 is 1.18. The van der Waals surface area contributed by atoms with Gasteiger partial charge in [0.15, 0.2) is 6.61 Å². The fourth-order valence-electron chi connectivity index (χ4n) is 3.48. The number of rotatable bonds is 5. The Labute approximate surface area is 160 Å². The summed E-state index contributed by atoms with van der Waals surface area (Å²) in [4.78, 5) is 35.0. The lowest BCUT2D eigenvalue weighted by molar-refractivity contribution is -0.384. The predicted octanol–water partition coefficient (Wildman–Crippen LogP) is 3.91. The molecule has 1 aromatic heterocycles. The molecule has 27 heavy (non-hydrogen) atoms. The van der Waals surface area contributed by atoms with E-state index in [-0.39, 0.29) is 24.2 Å². The second-order valence-electron chi connectivity index (χ2n) is 7.11. The van der Waals surface area contributed by atoms with E-state index in [1.165, 1.54) is 29.9 Å². The van der Waals surface area contributed by atoms with Gasteiger partial charge in [0.1, 0.15) is 4.88 Å². The van der Waals surface area contributed by atoms with Gasteiger partial charge in [0.25, 0.3) is 11.6 Å². The van der Waals surface area contributed by atoms with E-state index in [9.17, 15) is 19.7 Å². The average molecular weight is 390 g/mol. The zero-order valence-electron chi connectivity index (χ0n) is 15.3. The number of thiophene rings is 1. The van der Waals surface area contributed by atoms with E-state index in [4.69, 9.17) is 4.74 Å². The van der Waals surface area contributed by atoms with Crippen LogP contribution < -0.4 is 5.32 Å². The zero-order valence-corrected chi connectivity index (χ0v) is 16.1. The van der Waals surface area contributed by atoms with Crippen LogP contribution in [0.2, 0.25) is 0 Å². The van der Waals surface area contributed by atoms with Crippen LogP contribution in [0, 0.1) is 22.0 Å². The van der Waals surface area contributed by atoms with Crippen molar-refractivity contribution < 1.29 is 19.2 Å². The second-order valence-corrected chi connectivity index (χ2v) is 8.19. The molecule has 1 aliphatic rings. The van der Waals surface area contributed by atoms with Gasteiger partial charge in [0.2, 0.25) is 0 Å². The van der Waals surface area contributed by atoms with Crippen molar-refractivity contribution in [3.8, 4) is 0 Å². The summed E-state index contributed by atoms with van der Waals surface area (Å²) in [6, 6.07) is 6.09. The van der Waals surface area contributed by atoms with Gasteiger partial charge in [-0.05, 0) is 30.4 Å². The lowest BCUT2D eigenvalue weighted by Crippen LogP contribution is -2.45. The number of esters is 1. The Morgan fingerprint density at radius 3 is 2.81 bits per heavy atom. The normalized spacial score (nSPS) is 22.4. The highest BCUT2D eigenvalue weighted by Gasteiger charge is 2.28. The minimum absolute atomic E-state index is 0.0320. The van der Waals surface area contributed by atoms with Crippen molar-refractivity contribution in [3.63, 3.8) is 0 Å². The molecule has 8 heteroatoms. The highest BCUT2D eigenvalue weighted by molar-refractivity contribution is 7.20. The van der Waals surface area contributed by atoms with Crippen LogP contribution in [0.4, 0.5) is 5.69 Å². The molecule has 1 aliphatic carbocycles. The summed E-state index contributed by atoms with van der Waals surface area (Å²) in [5.74, 6) is 0.0658. The number of nitro groups is 1. The Morgan fingerprint density at radius 2 is 2.07 bits per heavy atom. The van der Waals surface area contributed by atoms with E-state index in [0.717, 1.165) is 17.5 Å². The molecular weight excluding hydrogens is 368 g/mol. The Hall–Kier alpha value is -2.48. The Kier molecular flexibility index (Phi) is 5.74. The number of carbonyl (C=O) groups is 2. The van der Waals surface area contributed by atoms with E-state index in [1.54, 1.807) is 12.1 Å². The minimum atomic E-state index is -0.598. The van der Waals surface area contributed by atoms with Crippen molar-refractivity contribution in [2.75, 3.05) is 6.61 Å². The number of hydrogen-bond donors (Lipinski definition) is 1. The van der Waals surface area contributed by atoms with Crippen LogP contribution >= 0.6 is 11.3 Å². The van der Waals surface area contributed by atoms with Crippen LogP contribution in [-0.2, 0) is 9.53 Å². The number of ether oxygens (including phenoxy) is 1. The van der Waals surface area contributed by atoms with Crippen molar-refractivity contribution in [1.29, 1.82) is 0 Å². The van der Waals surface area contributed by atoms with Crippen LogP contribution in [0.25, 0.3) is 10.1 Å². The standard InChI is InChI=1S/C19H22N2O5S/c1-11-4-3-5-15(12(11)2)20-18(22)10-26-19(23)17-9-13-8-14(21(24)25)6-7-16(13)27-17/h6-9,11-12,15H,3-5,10H2,1-2H3,(H,20,22)/t11-,12+,15+/m0/s1. The van der Waals surface area contributed by atoms with E-state index < -0.39 is 10.9 Å². The monoisotopic (exact) mass is 390 g/mol. The minimum Gasteiger partial charge on any atom is -0.451 e. The fourth-order valence-corrected chi connectivity index (χ4v) is 4.42. The zero-order chi connectivity index (χ0) is 19.6. The third-order valence-electron chi connectivity index (χ3n) is 5.30. The summed E-state index contributed by atoms with van der Waals surface area (Å²) in [5.41, 5.74) is -0.0320. The van der Waals surface area contributed by atoms with E-state index in [2.05, 4.69) is 19.2 Å². The smallest absolute Gasteiger partial charge is 0.348 e. The van der Waals surface area contributed by atoms with Crippen molar-refractivity contribution in [3.05, 3.63) is 39.3 Å². The third kappa shape index (κ3) is 4.44. The summed E-state index contributed by atoms with van der Waals surface area (Å²) < 4.78 is 5.88. The van der Waals surface area contributed by atoms with Crippen LogP contribution in [0.1, 0.15) is 42.8 Å². The van der Waals surface area contributed by atoms with E-state index in [1.807, 2.05) is 0 Å². The molecule has 1 amide bonds. The van der Waals surface area contributed by atoms with Crippen LogP contribution in [0.3, 0.4) is 0 Å². The first-order valence-electron chi connectivity index (χ1n) is 8.99. The number of amides is 1. The Balaban J connectivity index is 1.58. The van der Waals surface area contributed by atoms with E-state index >= 15 is 0 Å². The maximum atomic E-state index is 12.2. The van der Waals surface area contributed by atoms with Crippen LogP contribution in [0.15, 0.2) is 24.3 Å². The number of non-ortho nitro benzene ring substituents is 1. The summed E-state index contributed by atoms with van der Waals surface area (Å²) in [5, 5.41) is 14.4. The van der Waals surface area contributed by atoms with Gasteiger partial charge in [-0.2, -0.15) is 0 Å². The average Bonchev–Trinajstić information content (AvgIpc) is 3.07. The molecule has 2 aromatic rings. The van der Waals surface area contributed by atoms with Crippen molar-refractivity contribution in [1.82, 2.24) is 5.32 Å². The molecule has 0 spiro atoms. The molecule has 3 atom stereocenters. The number of nitrogens with one attached hydrogen (secondary N) is 1. The molecule has 1 N–H and O–H groups in total. The molecule has 3 rings (SSSR count). The first-order valence-corrected chi connectivity index (χ1v) is 9.81. The van der Waals surface area contributed by atoms with Crippen molar-refractivity contribution in [2.45, 2.75) is 39.2 Å². The SMILES string of the molecule is C[C@@H]1[C@@H](C)CCC[C@H]1NC(=O)COC(=O)c1cc2cc([N+](=O)[O-])ccc2s1. The number of hydrogen-bond acceptors (Lipinski definition) is 6. The fraction of sp³-hybridized carbons (Fsp3) is 0.474. The largest absolute Gasteiger partial charge is 0.451 e. The number of benzene rings is 1.